The van der Waals surface area contributed by atoms with Gasteiger partial charge in [-0.3, -0.25) is 4.90 Å². The van der Waals surface area contributed by atoms with Gasteiger partial charge in [0.1, 0.15) is 0 Å². The van der Waals surface area contributed by atoms with Crippen molar-refractivity contribution in [2.75, 3.05) is 37.3 Å². The number of nitrogens with two attached hydrogens (primary N) is 1. The molecule has 1 aliphatic rings. The summed E-state index contributed by atoms with van der Waals surface area (Å²) in [5.41, 5.74) is 7.85. The van der Waals surface area contributed by atoms with E-state index in [1.165, 1.54) is 5.69 Å². The van der Waals surface area contributed by atoms with Gasteiger partial charge in [-0.15, -0.1) is 0 Å². The van der Waals surface area contributed by atoms with Crippen molar-refractivity contribution >= 4 is 11.4 Å². The molecular formula is C14H23N3. The van der Waals surface area contributed by atoms with Crippen LogP contribution in [0.1, 0.15) is 13.8 Å². The highest BCUT2D eigenvalue weighted by Crippen LogP contribution is 2.22. The Hall–Kier alpha value is -1.22. The summed E-state index contributed by atoms with van der Waals surface area (Å²) in [6.07, 6.45) is 0. The van der Waals surface area contributed by atoms with Crippen molar-refractivity contribution in [3.63, 3.8) is 0 Å². The molecule has 1 aliphatic heterocycles. The largest absolute Gasteiger partial charge is 0.399 e. The van der Waals surface area contributed by atoms with Crippen LogP contribution in [0.4, 0.5) is 11.4 Å². The van der Waals surface area contributed by atoms with E-state index in [2.05, 4.69) is 42.8 Å². The first-order valence-electron chi connectivity index (χ1n) is 6.38. The summed E-state index contributed by atoms with van der Waals surface area (Å²) >= 11 is 0. The lowest BCUT2D eigenvalue weighted by molar-refractivity contribution is 0.173. The van der Waals surface area contributed by atoms with Gasteiger partial charge in [0.25, 0.3) is 0 Å². The minimum Gasteiger partial charge on any atom is -0.399 e. The van der Waals surface area contributed by atoms with E-state index in [1.54, 1.807) is 0 Å². The number of benzene rings is 1. The monoisotopic (exact) mass is 233 g/mol. The highest BCUT2D eigenvalue weighted by molar-refractivity contribution is 5.53. The van der Waals surface area contributed by atoms with Crippen LogP contribution in [0.15, 0.2) is 24.3 Å². The minimum absolute atomic E-state index is 0.640. The fraction of sp³-hybridized carbons (Fsp3) is 0.571. The summed E-state index contributed by atoms with van der Waals surface area (Å²) in [5.74, 6) is 0.691. The van der Waals surface area contributed by atoms with Gasteiger partial charge in [-0.1, -0.05) is 13.8 Å². The van der Waals surface area contributed by atoms with E-state index in [-0.39, 0.29) is 0 Å². The third kappa shape index (κ3) is 2.72. The minimum atomic E-state index is 0.640. The van der Waals surface area contributed by atoms with Crippen molar-refractivity contribution < 1.29 is 0 Å². The van der Waals surface area contributed by atoms with Gasteiger partial charge in [0.05, 0.1) is 0 Å². The van der Waals surface area contributed by atoms with Crippen LogP contribution in [0.25, 0.3) is 0 Å². The van der Waals surface area contributed by atoms with Gasteiger partial charge in [-0.25, -0.2) is 0 Å². The molecule has 1 fully saturated rings. The zero-order valence-corrected chi connectivity index (χ0v) is 11.1. The maximum Gasteiger partial charge on any atom is 0.0368 e. The molecule has 1 aromatic rings. The van der Waals surface area contributed by atoms with Crippen molar-refractivity contribution in [3.8, 4) is 0 Å². The zero-order valence-electron chi connectivity index (χ0n) is 11.1. The van der Waals surface area contributed by atoms with E-state index in [9.17, 15) is 0 Å². The Morgan fingerprint density at radius 2 is 1.82 bits per heavy atom. The van der Waals surface area contributed by atoms with E-state index in [0.29, 0.717) is 12.0 Å². The molecule has 3 nitrogen and oxygen atoms in total. The molecule has 0 bridgehead atoms. The molecule has 0 aliphatic carbocycles. The molecule has 0 unspecified atom stereocenters. The van der Waals surface area contributed by atoms with Crippen molar-refractivity contribution in [2.45, 2.75) is 19.9 Å². The third-order valence-electron chi connectivity index (χ3n) is 3.72. The Kier molecular flexibility index (Phi) is 3.57. The molecule has 1 aromatic carbocycles. The van der Waals surface area contributed by atoms with E-state index >= 15 is 0 Å². The lowest BCUT2D eigenvalue weighted by atomic mass is 10.00. The van der Waals surface area contributed by atoms with Gasteiger partial charge in [0.15, 0.2) is 0 Å². The first-order chi connectivity index (χ1) is 8.08. The molecule has 17 heavy (non-hydrogen) atoms. The molecule has 0 radical (unpaired) electrons. The summed E-state index contributed by atoms with van der Waals surface area (Å²) < 4.78 is 0. The van der Waals surface area contributed by atoms with Crippen LogP contribution >= 0.6 is 0 Å². The first-order valence-corrected chi connectivity index (χ1v) is 6.38. The van der Waals surface area contributed by atoms with Crippen molar-refractivity contribution in [1.82, 2.24) is 4.90 Å². The van der Waals surface area contributed by atoms with Crippen LogP contribution in [-0.2, 0) is 0 Å². The fourth-order valence-corrected chi connectivity index (χ4v) is 2.54. The molecule has 2 N–H and O–H groups in total. The Labute approximate surface area is 104 Å². The molecular weight excluding hydrogens is 210 g/mol. The second-order valence-corrected chi connectivity index (χ2v) is 5.33. The predicted octanol–water partition coefficient (Wildman–Crippen LogP) is 2.05. The SMILES string of the molecule is CC(C)[C@@H]1CN(c2ccc(N)cc2)CCN1C. The highest BCUT2D eigenvalue weighted by atomic mass is 15.3. The number of hydrogen-bond acceptors (Lipinski definition) is 3. The molecule has 94 valence electrons. The molecule has 0 amide bonds. The van der Waals surface area contributed by atoms with Crippen LogP contribution in [0.5, 0.6) is 0 Å². The molecule has 3 heteroatoms. The smallest absolute Gasteiger partial charge is 0.0368 e. The molecule has 1 heterocycles. The fourth-order valence-electron chi connectivity index (χ4n) is 2.54. The Morgan fingerprint density at radius 3 is 2.41 bits per heavy atom. The van der Waals surface area contributed by atoms with E-state index in [4.69, 9.17) is 5.73 Å². The van der Waals surface area contributed by atoms with Gasteiger partial charge in [-0.05, 0) is 37.2 Å². The Bertz CT molecular complexity index is 358. The van der Waals surface area contributed by atoms with Gasteiger partial charge < -0.3 is 10.6 Å². The second-order valence-electron chi connectivity index (χ2n) is 5.33. The normalized spacial score (nSPS) is 22.1. The number of hydrogen-bond donors (Lipinski definition) is 1. The number of nitrogens with zero attached hydrogens (tertiary/aromatic N) is 2. The summed E-state index contributed by atoms with van der Waals surface area (Å²) in [4.78, 5) is 4.93. The summed E-state index contributed by atoms with van der Waals surface area (Å²) in [6, 6.07) is 8.85. The quantitative estimate of drug-likeness (QED) is 0.794. The number of rotatable bonds is 2. The Morgan fingerprint density at radius 1 is 1.18 bits per heavy atom. The maximum atomic E-state index is 5.73. The number of piperazine rings is 1. The summed E-state index contributed by atoms with van der Waals surface area (Å²) in [6.45, 7) is 7.94. The molecule has 1 atom stereocenters. The Balaban J connectivity index is 2.10. The summed E-state index contributed by atoms with van der Waals surface area (Å²) in [5, 5.41) is 0. The number of anilines is 2. The van der Waals surface area contributed by atoms with Crippen LogP contribution in [0.2, 0.25) is 0 Å². The molecule has 0 saturated carbocycles. The van der Waals surface area contributed by atoms with Gasteiger partial charge in [0, 0.05) is 37.1 Å². The van der Waals surface area contributed by atoms with E-state index in [0.717, 1.165) is 25.3 Å². The molecule has 2 rings (SSSR count). The van der Waals surface area contributed by atoms with Gasteiger partial charge in [-0.2, -0.15) is 0 Å². The van der Waals surface area contributed by atoms with E-state index < -0.39 is 0 Å². The first kappa shape index (κ1) is 12.2. The van der Waals surface area contributed by atoms with E-state index in [1.807, 2.05) is 12.1 Å². The predicted molar refractivity (Wildman–Crippen MR) is 74.3 cm³/mol. The highest BCUT2D eigenvalue weighted by Gasteiger charge is 2.26. The number of nitrogen functional groups attached to an aromatic ring is 1. The topological polar surface area (TPSA) is 32.5 Å². The van der Waals surface area contributed by atoms with Crippen LogP contribution < -0.4 is 10.6 Å². The lowest BCUT2D eigenvalue weighted by Crippen LogP contribution is -2.53. The second kappa shape index (κ2) is 4.96. The van der Waals surface area contributed by atoms with Gasteiger partial charge in [0.2, 0.25) is 0 Å². The van der Waals surface area contributed by atoms with Crippen molar-refractivity contribution in [3.05, 3.63) is 24.3 Å². The zero-order chi connectivity index (χ0) is 12.4. The average Bonchev–Trinajstić information content (AvgIpc) is 2.30. The van der Waals surface area contributed by atoms with Crippen molar-refractivity contribution in [1.29, 1.82) is 0 Å². The molecule has 0 spiro atoms. The average molecular weight is 233 g/mol. The van der Waals surface area contributed by atoms with Crippen molar-refractivity contribution in [2.24, 2.45) is 5.92 Å². The maximum absolute atomic E-state index is 5.73. The standard InChI is InChI=1S/C14H23N3/c1-11(2)14-10-17(9-8-16(14)3)13-6-4-12(15)5-7-13/h4-7,11,14H,8-10,15H2,1-3H3/t14-/m0/s1. The van der Waals surface area contributed by atoms with Crippen LogP contribution in [0.3, 0.4) is 0 Å². The summed E-state index contributed by atoms with van der Waals surface area (Å²) in [7, 11) is 2.23. The van der Waals surface area contributed by atoms with Gasteiger partial charge >= 0.3 is 0 Å². The lowest BCUT2D eigenvalue weighted by Gasteiger charge is -2.42. The number of likely N-dealkylation sites (N-methyl/N-ethyl adjacent to an activating group) is 1. The molecule has 0 aromatic heterocycles. The molecule has 1 saturated heterocycles. The van der Waals surface area contributed by atoms with Crippen LogP contribution in [0, 0.1) is 5.92 Å². The third-order valence-corrected chi connectivity index (χ3v) is 3.72. The van der Waals surface area contributed by atoms with Crippen LogP contribution in [-0.4, -0.2) is 37.6 Å².